The average Bonchev–Trinajstić information content (AvgIpc) is 3.18. The maximum atomic E-state index is 12.8. The predicted molar refractivity (Wildman–Crippen MR) is 113 cm³/mol. The molecule has 0 radical (unpaired) electrons. The number of aromatic nitrogens is 2. The van der Waals surface area contributed by atoms with Crippen LogP contribution in [0.4, 0.5) is 0 Å². The van der Waals surface area contributed by atoms with Crippen molar-refractivity contribution in [1.29, 1.82) is 0 Å². The van der Waals surface area contributed by atoms with Gasteiger partial charge in [-0.3, -0.25) is 14.2 Å². The molecule has 8 heteroatoms. The molecule has 30 heavy (non-hydrogen) atoms. The van der Waals surface area contributed by atoms with Gasteiger partial charge in [0.05, 0.1) is 24.1 Å². The number of rotatable bonds is 5. The van der Waals surface area contributed by atoms with Crippen LogP contribution in [0, 0.1) is 0 Å². The number of para-hydroxylation sites is 1. The van der Waals surface area contributed by atoms with Gasteiger partial charge in [-0.15, -0.1) is 0 Å². The fourth-order valence-electron chi connectivity index (χ4n) is 3.46. The lowest BCUT2D eigenvalue weighted by molar-refractivity contribution is 0.0936. The SMILES string of the molecule is CCn1c(=O)[nH]c2cc(C(=O)NC(C)c3cc4cccc(OC)c4o3)ccc2c1=O. The molecule has 0 saturated carbocycles. The minimum absolute atomic E-state index is 0.270. The Hall–Kier alpha value is -3.81. The molecule has 154 valence electrons. The summed E-state index contributed by atoms with van der Waals surface area (Å²) in [6.45, 7) is 3.80. The number of fused-ring (bicyclic) bond motifs is 2. The number of nitrogens with one attached hydrogen (secondary N) is 2. The summed E-state index contributed by atoms with van der Waals surface area (Å²) < 4.78 is 12.3. The Morgan fingerprint density at radius 2 is 2.03 bits per heavy atom. The molecule has 1 unspecified atom stereocenters. The first kappa shape index (κ1) is 19.5. The highest BCUT2D eigenvalue weighted by Gasteiger charge is 2.18. The van der Waals surface area contributed by atoms with E-state index in [-0.39, 0.29) is 18.0 Å². The van der Waals surface area contributed by atoms with Crippen molar-refractivity contribution in [1.82, 2.24) is 14.9 Å². The van der Waals surface area contributed by atoms with Crippen LogP contribution in [-0.2, 0) is 6.54 Å². The van der Waals surface area contributed by atoms with Gasteiger partial charge in [-0.2, -0.15) is 0 Å². The minimum atomic E-state index is -0.503. The molecule has 1 atom stereocenters. The van der Waals surface area contributed by atoms with Gasteiger partial charge in [0.1, 0.15) is 5.76 Å². The molecule has 0 spiro atoms. The quantitative estimate of drug-likeness (QED) is 0.529. The van der Waals surface area contributed by atoms with Crippen LogP contribution in [0.25, 0.3) is 21.9 Å². The molecule has 1 amide bonds. The molecule has 0 aliphatic carbocycles. The second-order valence-electron chi connectivity index (χ2n) is 6.96. The van der Waals surface area contributed by atoms with Crippen molar-refractivity contribution in [2.75, 3.05) is 7.11 Å². The number of ether oxygens (including phenoxy) is 1. The second kappa shape index (κ2) is 7.55. The molecular weight excluding hydrogens is 386 g/mol. The number of furan rings is 1. The fraction of sp³-hybridized carbons (Fsp3) is 0.227. The molecular formula is C22H21N3O5. The number of hydrogen-bond acceptors (Lipinski definition) is 5. The fourth-order valence-corrected chi connectivity index (χ4v) is 3.46. The summed E-state index contributed by atoms with van der Waals surface area (Å²) in [6.07, 6.45) is 0. The highest BCUT2D eigenvalue weighted by molar-refractivity contribution is 5.97. The third-order valence-electron chi connectivity index (χ3n) is 5.08. The van der Waals surface area contributed by atoms with E-state index in [1.165, 1.54) is 6.07 Å². The van der Waals surface area contributed by atoms with Gasteiger partial charge in [0.2, 0.25) is 0 Å². The highest BCUT2D eigenvalue weighted by Crippen LogP contribution is 2.31. The molecule has 8 nitrogen and oxygen atoms in total. The Bertz CT molecular complexity index is 1380. The first-order valence-corrected chi connectivity index (χ1v) is 9.57. The maximum Gasteiger partial charge on any atom is 0.328 e. The average molecular weight is 407 g/mol. The Morgan fingerprint density at radius 3 is 2.77 bits per heavy atom. The summed E-state index contributed by atoms with van der Waals surface area (Å²) in [4.78, 5) is 39.8. The molecule has 0 aliphatic heterocycles. The molecule has 0 saturated heterocycles. The van der Waals surface area contributed by atoms with E-state index in [0.29, 0.717) is 33.6 Å². The van der Waals surface area contributed by atoms with Crippen molar-refractivity contribution in [3.8, 4) is 5.75 Å². The second-order valence-corrected chi connectivity index (χ2v) is 6.96. The Balaban J connectivity index is 1.63. The van der Waals surface area contributed by atoms with E-state index in [1.54, 1.807) is 32.2 Å². The zero-order chi connectivity index (χ0) is 21.4. The molecule has 2 aromatic heterocycles. The molecule has 4 rings (SSSR count). The van der Waals surface area contributed by atoms with E-state index in [9.17, 15) is 14.4 Å². The van der Waals surface area contributed by atoms with Crippen molar-refractivity contribution in [3.63, 3.8) is 0 Å². The number of aromatic amines is 1. The maximum absolute atomic E-state index is 12.8. The normalized spacial score (nSPS) is 12.2. The van der Waals surface area contributed by atoms with Gasteiger partial charge in [-0.05, 0) is 44.2 Å². The van der Waals surface area contributed by atoms with Gasteiger partial charge >= 0.3 is 5.69 Å². The van der Waals surface area contributed by atoms with Gasteiger partial charge in [0, 0.05) is 17.5 Å². The number of benzene rings is 2. The standard InChI is InChI=1S/C22H21N3O5/c1-4-25-21(27)15-9-8-14(10-16(15)24-22(25)28)20(26)23-12(2)18-11-13-6-5-7-17(29-3)19(13)30-18/h5-12H,4H2,1-3H3,(H,23,26)(H,24,28). The zero-order valence-corrected chi connectivity index (χ0v) is 16.8. The predicted octanol–water partition coefficient (Wildman–Crippen LogP) is 2.96. The molecule has 2 heterocycles. The minimum Gasteiger partial charge on any atom is -0.493 e. The molecule has 4 aromatic rings. The van der Waals surface area contributed by atoms with Gasteiger partial charge in [0.15, 0.2) is 11.3 Å². The van der Waals surface area contributed by atoms with Crippen molar-refractivity contribution < 1.29 is 13.9 Å². The monoisotopic (exact) mass is 407 g/mol. The Kier molecular flexibility index (Phi) is 4.91. The number of carbonyl (C=O) groups excluding carboxylic acids is 1. The number of amides is 1. The summed E-state index contributed by atoms with van der Waals surface area (Å²) in [5.74, 6) is 0.855. The summed E-state index contributed by atoms with van der Waals surface area (Å²) in [5, 5.41) is 4.11. The van der Waals surface area contributed by atoms with Crippen LogP contribution < -0.4 is 21.3 Å². The van der Waals surface area contributed by atoms with E-state index in [2.05, 4.69) is 10.3 Å². The van der Waals surface area contributed by atoms with Crippen molar-refractivity contribution in [2.24, 2.45) is 0 Å². The Morgan fingerprint density at radius 1 is 1.23 bits per heavy atom. The van der Waals surface area contributed by atoms with Crippen molar-refractivity contribution in [2.45, 2.75) is 26.4 Å². The third kappa shape index (κ3) is 3.26. The van der Waals surface area contributed by atoms with Crippen LogP contribution in [0.2, 0.25) is 0 Å². The van der Waals surface area contributed by atoms with Crippen LogP contribution in [-0.4, -0.2) is 22.6 Å². The Labute approximate surface area is 171 Å². The van der Waals surface area contributed by atoms with Gasteiger partial charge in [-0.1, -0.05) is 12.1 Å². The summed E-state index contributed by atoms with van der Waals surface area (Å²) in [7, 11) is 1.57. The zero-order valence-electron chi connectivity index (χ0n) is 16.8. The molecule has 0 bridgehead atoms. The van der Waals surface area contributed by atoms with Crippen LogP contribution >= 0.6 is 0 Å². The van der Waals surface area contributed by atoms with E-state index in [0.717, 1.165) is 9.95 Å². The van der Waals surface area contributed by atoms with Crippen LogP contribution in [0.15, 0.2) is 56.5 Å². The van der Waals surface area contributed by atoms with Gasteiger partial charge in [-0.25, -0.2) is 4.79 Å². The lowest BCUT2D eigenvalue weighted by Crippen LogP contribution is -2.34. The van der Waals surface area contributed by atoms with Gasteiger partial charge in [0.25, 0.3) is 11.5 Å². The lowest BCUT2D eigenvalue weighted by atomic mass is 10.1. The lowest BCUT2D eigenvalue weighted by Gasteiger charge is -2.12. The number of methoxy groups -OCH3 is 1. The number of carbonyl (C=O) groups is 1. The van der Waals surface area contributed by atoms with Crippen LogP contribution in [0.3, 0.4) is 0 Å². The van der Waals surface area contributed by atoms with Gasteiger partial charge < -0.3 is 19.5 Å². The summed E-state index contributed by atoms with van der Waals surface area (Å²) in [6, 6.07) is 11.6. The van der Waals surface area contributed by atoms with Crippen LogP contribution in [0.5, 0.6) is 5.75 Å². The van der Waals surface area contributed by atoms with Crippen molar-refractivity contribution >= 4 is 27.8 Å². The number of hydrogen-bond donors (Lipinski definition) is 2. The van der Waals surface area contributed by atoms with E-state index >= 15 is 0 Å². The summed E-state index contributed by atoms with van der Waals surface area (Å²) >= 11 is 0. The van der Waals surface area contributed by atoms with Crippen LogP contribution in [0.1, 0.15) is 36.0 Å². The molecule has 2 N–H and O–H groups in total. The van der Waals surface area contributed by atoms with Crippen molar-refractivity contribution in [3.05, 3.63) is 74.6 Å². The van der Waals surface area contributed by atoms with E-state index < -0.39 is 11.7 Å². The topological polar surface area (TPSA) is 106 Å². The molecule has 0 fully saturated rings. The first-order chi connectivity index (χ1) is 14.4. The third-order valence-corrected chi connectivity index (χ3v) is 5.08. The first-order valence-electron chi connectivity index (χ1n) is 9.57. The molecule has 0 aliphatic rings. The number of nitrogens with zero attached hydrogens (tertiary/aromatic N) is 1. The van der Waals surface area contributed by atoms with E-state index in [4.69, 9.17) is 9.15 Å². The largest absolute Gasteiger partial charge is 0.493 e. The van der Waals surface area contributed by atoms with E-state index in [1.807, 2.05) is 25.1 Å². The summed E-state index contributed by atoms with van der Waals surface area (Å²) in [5.41, 5.74) is 0.382. The smallest absolute Gasteiger partial charge is 0.328 e. The highest BCUT2D eigenvalue weighted by atomic mass is 16.5. The molecule has 2 aromatic carbocycles. The number of H-pyrrole nitrogens is 1.